The van der Waals surface area contributed by atoms with Crippen molar-refractivity contribution >= 4 is 17.4 Å². The molecule has 0 bridgehead atoms. The van der Waals surface area contributed by atoms with Gasteiger partial charge in [0.2, 0.25) is 5.91 Å². The molecule has 0 spiro atoms. The number of carbonyl (C=O) groups is 1. The Balaban J connectivity index is 1.30. The Hall–Kier alpha value is -2.25. The van der Waals surface area contributed by atoms with E-state index in [1.807, 2.05) is 12.1 Å². The molecule has 2 fully saturated rings. The first-order valence-corrected chi connectivity index (χ1v) is 9.27. The van der Waals surface area contributed by atoms with Crippen molar-refractivity contribution in [2.45, 2.75) is 45.4 Å². The van der Waals surface area contributed by atoms with Crippen molar-refractivity contribution in [2.75, 3.05) is 24.5 Å². The SMILES string of the molecule is CCC1(CNC(=O)C2CCN(c3ccc4nnnn4n3)CC2)CCC1. The number of amides is 1. The molecule has 1 saturated heterocycles. The first-order valence-electron chi connectivity index (χ1n) is 9.27. The summed E-state index contributed by atoms with van der Waals surface area (Å²) in [5, 5.41) is 19.0. The van der Waals surface area contributed by atoms with Gasteiger partial charge in [0.05, 0.1) is 0 Å². The Labute approximate surface area is 147 Å². The number of piperidine rings is 1. The van der Waals surface area contributed by atoms with E-state index in [0.717, 1.165) is 44.7 Å². The zero-order valence-electron chi connectivity index (χ0n) is 14.7. The topological polar surface area (TPSA) is 88.3 Å². The number of rotatable bonds is 5. The van der Waals surface area contributed by atoms with Gasteiger partial charge in [-0.05, 0) is 60.1 Å². The monoisotopic (exact) mass is 343 g/mol. The van der Waals surface area contributed by atoms with Crippen LogP contribution in [0.3, 0.4) is 0 Å². The van der Waals surface area contributed by atoms with Crippen LogP contribution < -0.4 is 10.2 Å². The molecule has 25 heavy (non-hydrogen) atoms. The van der Waals surface area contributed by atoms with Crippen LogP contribution in [0.5, 0.6) is 0 Å². The summed E-state index contributed by atoms with van der Waals surface area (Å²) in [6.45, 7) is 4.74. The van der Waals surface area contributed by atoms with Crippen LogP contribution in [-0.2, 0) is 4.79 Å². The number of carbonyl (C=O) groups excluding carboxylic acids is 1. The lowest BCUT2D eigenvalue weighted by atomic mass is 9.67. The number of nitrogens with one attached hydrogen (secondary N) is 1. The van der Waals surface area contributed by atoms with Crippen LogP contribution in [0.25, 0.3) is 5.65 Å². The van der Waals surface area contributed by atoms with Crippen LogP contribution in [-0.4, -0.2) is 50.8 Å². The summed E-state index contributed by atoms with van der Waals surface area (Å²) in [5.41, 5.74) is 1.01. The molecule has 1 aliphatic heterocycles. The van der Waals surface area contributed by atoms with Crippen LogP contribution in [0.15, 0.2) is 12.1 Å². The molecule has 0 atom stereocenters. The molecule has 1 amide bonds. The van der Waals surface area contributed by atoms with Crippen molar-refractivity contribution in [2.24, 2.45) is 11.3 Å². The predicted molar refractivity (Wildman–Crippen MR) is 93.1 cm³/mol. The Morgan fingerprint density at radius 2 is 2.12 bits per heavy atom. The summed E-state index contributed by atoms with van der Waals surface area (Å²) in [5.74, 6) is 1.20. The lowest BCUT2D eigenvalue weighted by Crippen LogP contribution is -2.46. The Morgan fingerprint density at radius 3 is 2.80 bits per heavy atom. The quantitative estimate of drug-likeness (QED) is 0.883. The number of hydrogen-bond acceptors (Lipinski definition) is 6. The number of nitrogens with zero attached hydrogens (tertiary/aromatic N) is 6. The summed E-state index contributed by atoms with van der Waals surface area (Å²) in [6.07, 6.45) is 6.71. The van der Waals surface area contributed by atoms with E-state index in [1.54, 1.807) is 0 Å². The molecule has 0 radical (unpaired) electrons. The third-order valence-electron chi connectivity index (χ3n) is 6.05. The van der Waals surface area contributed by atoms with Crippen molar-refractivity contribution in [1.82, 2.24) is 30.6 Å². The van der Waals surface area contributed by atoms with Crippen LogP contribution in [0.2, 0.25) is 0 Å². The number of fused-ring (bicyclic) bond motifs is 1. The van der Waals surface area contributed by atoms with Crippen molar-refractivity contribution in [1.29, 1.82) is 0 Å². The number of anilines is 1. The van der Waals surface area contributed by atoms with E-state index >= 15 is 0 Å². The molecule has 1 aliphatic carbocycles. The summed E-state index contributed by atoms with van der Waals surface area (Å²) in [4.78, 5) is 14.7. The van der Waals surface area contributed by atoms with Gasteiger partial charge >= 0.3 is 0 Å². The van der Waals surface area contributed by atoms with Crippen LogP contribution in [0.4, 0.5) is 5.82 Å². The predicted octanol–water partition coefficient (Wildman–Crippen LogP) is 1.43. The summed E-state index contributed by atoms with van der Waals surface area (Å²) < 4.78 is 1.44. The Morgan fingerprint density at radius 1 is 1.32 bits per heavy atom. The van der Waals surface area contributed by atoms with E-state index < -0.39 is 0 Å². The fraction of sp³-hybridized carbons (Fsp3) is 0.706. The average molecular weight is 343 g/mol. The fourth-order valence-electron chi connectivity index (χ4n) is 3.93. The van der Waals surface area contributed by atoms with Crippen LogP contribution in [0, 0.1) is 11.3 Å². The van der Waals surface area contributed by atoms with E-state index in [2.05, 4.69) is 37.8 Å². The molecular formula is C17H25N7O. The molecule has 0 aromatic carbocycles. The molecule has 1 N–H and O–H groups in total. The maximum Gasteiger partial charge on any atom is 0.223 e. The zero-order chi connectivity index (χ0) is 17.3. The van der Waals surface area contributed by atoms with Crippen molar-refractivity contribution in [3.05, 3.63) is 12.1 Å². The highest BCUT2D eigenvalue weighted by atomic mass is 16.1. The van der Waals surface area contributed by atoms with Gasteiger partial charge in [-0.1, -0.05) is 13.3 Å². The lowest BCUT2D eigenvalue weighted by Gasteiger charge is -2.42. The van der Waals surface area contributed by atoms with Gasteiger partial charge in [-0.2, -0.15) is 0 Å². The molecule has 2 aromatic heterocycles. The summed E-state index contributed by atoms with van der Waals surface area (Å²) >= 11 is 0. The van der Waals surface area contributed by atoms with Crippen LogP contribution in [0.1, 0.15) is 45.4 Å². The van der Waals surface area contributed by atoms with Gasteiger partial charge in [-0.25, -0.2) is 0 Å². The Kier molecular flexibility index (Phi) is 4.27. The molecule has 8 heteroatoms. The van der Waals surface area contributed by atoms with E-state index in [4.69, 9.17) is 0 Å². The highest BCUT2D eigenvalue weighted by molar-refractivity contribution is 5.79. The maximum atomic E-state index is 12.5. The minimum Gasteiger partial charge on any atom is -0.355 e. The summed E-state index contributed by atoms with van der Waals surface area (Å²) in [6, 6.07) is 3.80. The molecule has 134 valence electrons. The normalized spacial score (nSPS) is 20.4. The Bertz CT molecular complexity index is 741. The molecule has 2 aromatic rings. The zero-order valence-corrected chi connectivity index (χ0v) is 14.7. The third kappa shape index (κ3) is 3.17. The minimum absolute atomic E-state index is 0.113. The molecule has 3 heterocycles. The minimum atomic E-state index is 0.113. The highest BCUT2D eigenvalue weighted by Crippen LogP contribution is 2.43. The molecule has 2 aliphatic rings. The van der Waals surface area contributed by atoms with Gasteiger partial charge in [-0.3, -0.25) is 4.79 Å². The first kappa shape index (κ1) is 16.2. The van der Waals surface area contributed by atoms with Gasteiger partial charge in [0.1, 0.15) is 0 Å². The second-order valence-electron chi connectivity index (χ2n) is 7.40. The number of tetrazole rings is 1. The number of aromatic nitrogens is 5. The van der Waals surface area contributed by atoms with Gasteiger partial charge in [0, 0.05) is 25.6 Å². The molecule has 1 saturated carbocycles. The second-order valence-corrected chi connectivity index (χ2v) is 7.40. The maximum absolute atomic E-state index is 12.5. The van der Waals surface area contributed by atoms with Crippen molar-refractivity contribution in [3.8, 4) is 0 Å². The molecular weight excluding hydrogens is 318 g/mol. The van der Waals surface area contributed by atoms with Gasteiger partial charge < -0.3 is 10.2 Å². The molecule has 8 nitrogen and oxygen atoms in total. The highest BCUT2D eigenvalue weighted by Gasteiger charge is 2.36. The van der Waals surface area contributed by atoms with E-state index in [9.17, 15) is 4.79 Å². The fourth-order valence-corrected chi connectivity index (χ4v) is 3.93. The van der Waals surface area contributed by atoms with E-state index in [-0.39, 0.29) is 11.8 Å². The second kappa shape index (κ2) is 6.57. The number of hydrogen-bond donors (Lipinski definition) is 1. The molecule has 0 unspecified atom stereocenters. The van der Waals surface area contributed by atoms with Crippen LogP contribution >= 0.6 is 0 Å². The largest absolute Gasteiger partial charge is 0.355 e. The standard InChI is InChI=1S/C17H25N7O/c1-2-17(8-3-9-17)12-18-16(25)13-6-10-23(11-7-13)15-5-4-14-19-21-22-24(14)20-15/h4-5,13H,2-3,6-12H2,1H3,(H,18,25). The van der Waals surface area contributed by atoms with Crippen molar-refractivity contribution in [3.63, 3.8) is 0 Å². The van der Waals surface area contributed by atoms with Gasteiger partial charge in [-0.15, -0.1) is 14.8 Å². The smallest absolute Gasteiger partial charge is 0.223 e. The van der Waals surface area contributed by atoms with Crippen molar-refractivity contribution < 1.29 is 4.79 Å². The first-order chi connectivity index (χ1) is 12.2. The summed E-state index contributed by atoms with van der Waals surface area (Å²) in [7, 11) is 0. The van der Waals surface area contributed by atoms with E-state index in [0.29, 0.717) is 11.1 Å². The average Bonchev–Trinajstić information content (AvgIpc) is 3.09. The lowest BCUT2D eigenvalue weighted by molar-refractivity contribution is -0.126. The molecule has 4 rings (SSSR count). The van der Waals surface area contributed by atoms with Gasteiger partial charge in [0.25, 0.3) is 0 Å². The third-order valence-corrected chi connectivity index (χ3v) is 6.05. The van der Waals surface area contributed by atoms with Gasteiger partial charge in [0.15, 0.2) is 11.5 Å². The van der Waals surface area contributed by atoms with E-state index in [1.165, 1.54) is 23.9 Å².